The van der Waals surface area contributed by atoms with E-state index in [1.165, 1.54) is 4.31 Å². The van der Waals surface area contributed by atoms with Crippen LogP contribution in [0.25, 0.3) is 0 Å². The molecule has 0 radical (unpaired) electrons. The van der Waals surface area contributed by atoms with Crippen LogP contribution in [-0.2, 0) is 14.8 Å². The highest BCUT2D eigenvalue weighted by Crippen LogP contribution is 2.27. The molecule has 1 heterocycles. The molecule has 21 heavy (non-hydrogen) atoms. The van der Waals surface area contributed by atoms with Crippen molar-refractivity contribution in [3.8, 4) is 0 Å². The summed E-state index contributed by atoms with van der Waals surface area (Å²) < 4.78 is 32.7. The van der Waals surface area contributed by atoms with Gasteiger partial charge in [0.1, 0.15) is 0 Å². The Balaban J connectivity index is 2.38. The minimum atomic E-state index is -3.58. The van der Waals surface area contributed by atoms with Crippen molar-refractivity contribution < 1.29 is 18.3 Å². The molecular weight excluding hydrogens is 290 g/mol. The zero-order valence-corrected chi connectivity index (χ0v) is 13.8. The monoisotopic (exact) mass is 313 g/mol. The third-order valence-electron chi connectivity index (χ3n) is 3.49. The van der Waals surface area contributed by atoms with Crippen LogP contribution >= 0.6 is 0 Å². The molecule has 118 valence electrons. The van der Waals surface area contributed by atoms with Crippen LogP contribution in [0.1, 0.15) is 25.0 Å². The Hall–Kier alpha value is -0.950. The maximum Gasteiger partial charge on any atom is 0.243 e. The van der Waals surface area contributed by atoms with Gasteiger partial charge in [0.2, 0.25) is 10.0 Å². The van der Waals surface area contributed by atoms with Gasteiger partial charge in [-0.05, 0) is 51.0 Å². The summed E-state index contributed by atoms with van der Waals surface area (Å²) in [6.45, 7) is 7.69. The normalized spacial score (nSPS) is 23.2. The summed E-state index contributed by atoms with van der Waals surface area (Å²) in [5.74, 6) is 0. The molecule has 1 saturated heterocycles. The van der Waals surface area contributed by atoms with Gasteiger partial charge in [-0.2, -0.15) is 4.31 Å². The Morgan fingerprint density at radius 2 is 1.86 bits per heavy atom. The first-order chi connectivity index (χ1) is 9.64. The highest BCUT2D eigenvalue weighted by atomic mass is 32.2. The van der Waals surface area contributed by atoms with E-state index in [0.29, 0.717) is 4.90 Å². The number of benzene rings is 1. The highest BCUT2D eigenvalue weighted by Gasteiger charge is 2.39. The van der Waals surface area contributed by atoms with E-state index in [-0.39, 0.29) is 19.7 Å². The average Bonchev–Trinajstić information content (AvgIpc) is 2.35. The third-order valence-corrected chi connectivity index (χ3v) is 5.28. The number of hydrogen-bond donors (Lipinski definition) is 1. The number of sulfonamides is 1. The van der Waals surface area contributed by atoms with Gasteiger partial charge < -0.3 is 9.84 Å². The maximum absolute atomic E-state index is 12.8. The van der Waals surface area contributed by atoms with Crippen LogP contribution in [0.15, 0.2) is 23.1 Å². The van der Waals surface area contributed by atoms with Crippen LogP contribution < -0.4 is 0 Å². The van der Waals surface area contributed by atoms with Crippen molar-refractivity contribution in [3.63, 3.8) is 0 Å². The molecular formula is C15H23NO4S. The van der Waals surface area contributed by atoms with Crippen molar-refractivity contribution in [2.75, 3.05) is 19.7 Å². The van der Waals surface area contributed by atoms with Crippen molar-refractivity contribution in [3.05, 3.63) is 29.3 Å². The quantitative estimate of drug-likeness (QED) is 0.917. The van der Waals surface area contributed by atoms with Gasteiger partial charge in [0.05, 0.1) is 23.2 Å². The molecule has 0 spiro atoms. The van der Waals surface area contributed by atoms with Crippen molar-refractivity contribution in [2.24, 2.45) is 0 Å². The number of ether oxygens (including phenoxy) is 1. The summed E-state index contributed by atoms with van der Waals surface area (Å²) in [4.78, 5) is 0.300. The molecule has 1 atom stereocenters. The molecule has 5 nitrogen and oxygen atoms in total. The minimum absolute atomic E-state index is 0.176. The second-order valence-electron chi connectivity index (χ2n) is 6.30. The predicted octanol–water partition coefficient (Wildman–Crippen LogP) is 1.46. The standard InChI is InChI=1S/C15H23NO4S/c1-11-5-12(2)7-14(6-11)21(18,19)16-8-13(9-17)20-15(3,4)10-16/h5-7,13,17H,8-10H2,1-4H3. The molecule has 1 aromatic rings. The van der Waals surface area contributed by atoms with E-state index in [2.05, 4.69) is 0 Å². The zero-order valence-electron chi connectivity index (χ0n) is 13.0. The molecule has 6 heteroatoms. The Labute approximate surface area is 126 Å². The third kappa shape index (κ3) is 3.63. The van der Waals surface area contributed by atoms with Crippen molar-refractivity contribution >= 4 is 10.0 Å². The summed E-state index contributed by atoms with van der Waals surface area (Å²) in [5, 5.41) is 9.32. The molecule has 1 aromatic carbocycles. The average molecular weight is 313 g/mol. The number of hydrogen-bond acceptors (Lipinski definition) is 4. The first-order valence-corrected chi connectivity index (χ1v) is 8.45. The van der Waals surface area contributed by atoms with Crippen LogP contribution in [0.2, 0.25) is 0 Å². The number of aliphatic hydroxyl groups excluding tert-OH is 1. The SMILES string of the molecule is Cc1cc(C)cc(S(=O)(=O)N2CC(CO)OC(C)(C)C2)c1. The fraction of sp³-hybridized carbons (Fsp3) is 0.600. The predicted molar refractivity (Wildman–Crippen MR) is 80.7 cm³/mol. The molecule has 0 bridgehead atoms. The number of morpholine rings is 1. The number of nitrogens with zero attached hydrogens (tertiary/aromatic N) is 1. The number of aryl methyl sites for hydroxylation is 2. The first kappa shape index (κ1) is 16.4. The summed E-state index contributed by atoms with van der Waals surface area (Å²) in [6.07, 6.45) is -0.491. The van der Waals surface area contributed by atoms with E-state index in [1.807, 2.05) is 33.8 Å². The molecule has 1 aliphatic heterocycles. The lowest BCUT2D eigenvalue weighted by molar-refractivity contribution is -0.131. The van der Waals surface area contributed by atoms with Gasteiger partial charge >= 0.3 is 0 Å². The van der Waals surface area contributed by atoms with Crippen LogP contribution in [0.3, 0.4) is 0 Å². The van der Waals surface area contributed by atoms with E-state index in [9.17, 15) is 13.5 Å². The fourth-order valence-corrected chi connectivity index (χ4v) is 4.56. The van der Waals surface area contributed by atoms with Crippen LogP contribution in [0.5, 0.6) is 0 Å². The molecule has 0 aliphatic carbocycles. The molecule has 2 rings (SSSR count). The van der Waals surface area contributed by atoms with Gasteiger partial charge in [0.15, 0.2) is 0 Å². The van der Waals surface area contributed by atoms with E-state index in [0.717, 1.165) is 11.1 Å². The number of rotatable bonds is 3. The zero-order chi connectivity index (χ0) is 15.8. The van der Waals surface area contributed by atoms with Crippen LogP contribution in [0, 0.1) is 13.8 Å². The van der Waals surface area contributed by atoms with Crippen molar-refractivity contribution in [1.29, 1.82) is 0 Å². The van der Waals surface area contributed by atoms with E-state index >= 15 is 0 Å². The largest absolute Gasteiger partial charge is 0.394 e. The molecule has 1 fully saturated rings. The lowest BCUT2D eigenvalue weighted by Gasteiger charge is -2.41. The van der Waals surface area contributed by atoms with Gasteiger partial charge in [0.25, 0.3) is 0 Å². The van der Waals surface area contributed by atoms with Crippen LogP contribution in [-0.4, -0.2) is 49.2 Å². The Morgan fingerprint density at radius 1 is 1.29 bits per heavy atom. The van der Waals surface area contributed by atoms with Crippen molar-refractivity contribution in [1.82, 2.24) is 4.31 Å². The molecule has 1 aliphatic rings. The topological polar surface area (TPSA) is 66.8 Å². The Bertz CT molecular complexity index is 604. The number of aliphatic hydroxyl groups is 1. The molecule has 1 unspecified atom stereocenters. The van der Waals surface area contributed by atoms with Gasteiger partial charge in [-0.15, -0.1) is 0 Å². The summed E-state index contributed by atoms with van der Waals surface area (Å²) in [7, 11) is -3.58. The van der Waals surface area contributed by atoms with Gasteiger partial charge in [0, 0.05) is 13.1 Å². The molecule has 0 aromatic heterocycles. The Kier molecular flexibility index (Phi) is 4.44. The maximum atomic E-state index is 12.8. The Morgan fingerprint density at radius 3 is 2.38 bits per heavy atom. The first-order valence-electron chi connectivity index (χ1n) is 7.01. The summed E-state index contributed by atoms with van der Waals surface area (Å²) >= 11 is 0. The minimum Gasteiger partial charge on any atom is -0.394 e. The summed E-state index contributed by atoms with van der Waals surface area (Å²) in [6, 6.07) is 5.30. The second-order valence-corrected chi connectivity index (χ2v) is 8.24. The van der Waals surface area contributed by atoms with Gasteiger partial charge in [-0.1, -0.05) is 6.07 Å². The second kappa shape index (κ2) is 5.68. The van der Waals surface area contributed by atoms with E-state index < -0.39 is 21.7 Å². The van der Waals surface area contributed by atoms with Crippen LogP contribution in [0.4, 0.5) is 0 Å². The lowest BCUT2D eigenvalue weighted by atomic mass is 10.1. The van der Waals surface area contributed by atoms with E-state index in [1.54, 1.807) is 12.1 Å². The highest BCUT2D eigenvalue weighted by molar-refractivity contribution is 7.89. The van der Waals surface area contributed by atoms with Gasteiger partial charge in [-0.25, -0.2) is 8.42 Å². The smallest absolute Gasteiger partial charge is 0.243 e. The fourth-order valence-electron chi connectivity index (χ4n) is 2.75. The van der Waals surface area contributed by atoms with Crippen molar-refractivity contribution in [2.45, 2.75) is 44.3 Å². The molecule has 1 N–H and O–H groups in total. The lowest BCUT2D eigenvalue weighted by Crippen LogP contribution is -2.55. The van der Waals surface area contributed by atoms with E-state index in [4.69, 9.17) is 4.74 Å². The molecule has 0 saturated carbocycles. The molecule has 0 amide bonds. The summed E-state index contributed by atoms with van der Waals surface area (Å²) in [5.41, 5.74) is 1.22. The van der Waals surface area contributed by atoms with Gasteiger partial charge in [-0.3, -0.25) is 0 Å².